The first-order chi connectivity index (χ1) is 9.29. The van der Waals surface area contributed by atoms with Crippen LogP contribution in [-0.2, 0) is 0 Å². The van der Waals surface area contributed by atoms with Gasteiger partial charge in [0.1, 0.15) is 0 Å². The average Bonchev–Trinajstić information content (AvgIpc) is 3.08. The maximum atomic E-state index is 5.43. The van der Waals surface area contributed by atoms with Gasteiger partial charge in [-0.25, -0.2) is 5.10 Å². The van der Waals surface area contributed by atoms with Crippen LogP contribution in [0.1, 0.15) is 38.6 Å². The largest absolute Gasteiger partial charge is 0.338 e. The van der Waals surface area contributed by atoms with Crippen LogP contribution in [0.15, 0.2) is 0 Å². The quantitative estimate of drug-likeness (QED) is 0.862. The Kier molecular flexibility index (Phi) is 3.88. The molecule has 1 aliphatic heterocycles. The Morgan fingerprint density at radius 3 is 2.53 bits per heavy atom. The van der Waals surface area contributed by atoms with Crippen molar-refractivity contribution in [2.45, 2.75) is 38.6 Å². The van der Waals surface area contributed by atoms with Crippen molar-refractivity contribution in [1.82, 2.24) is 19.7 Å². The van der Waals surface area contributed by atoms with Crippen molar-refractivity contribution in [3.63, 3.8) is 0 Å². The molecule has 6 heteroatoms. The number of likely N-dealkylation sites (N-methyl/N-ethyl adjacent to an activating group) is 1. The number of hydrogen-bond donors (Lipinski definition) is 1. The van der Waals surface area contributed by atoms with Crippen LogP contribution < -0.4 is 4.90 Å². The Balaban J connectivity index is 1.79. The summed E-state index contributed by atoms with van der Waals surface area (Å²) in [5.74, 6) is 1.06. The van der Waals surface area contributed by atoms with E-state index in [1.807, 2.05) is 0 Å². The van der Waals surface area contributed by atoms with E-state index in [-0.39, 0.29) is 0 Å². The molecule has 0 aromatic carbocycles. The first-order valence-corrected chi connectivity index (χ1v) is 7.84. The minimum Gasteiger partial charge on any atom is -0.338 e. The standard InChI is InChI=1S/C13H23N5S/c1-2-16-7-9-17(10-8-16)12-14-15-13(19)18(12)11-5-3-4-6-11/h11H,2-10H2,1H3,(H,15,19). The summed E-state index contributed by atoms with van der Waals surface area (Å²) in [6.45, 7) is 7.73. The summed E-state index contributed by atoms with van der Waals surface area (Å²) in [7, 11) is 0. The molecule has 1 N–H and O–H groups in total. The van der Waals surface area contributed by atoms with Crippen LogP contribution in [0.4, 0.5) is 5.95 Å². The summed E-state index contributed by atoms with van der Waals surface area (Å²) in [5, 5.41) is 7.49. The molecule has 19 heavy (non-hydrogen) atoms. The number of H-pyrrole nitrogens is 1. The molecule has 1 aromatic rings. The van der Waals surface area contributed by atoms with Gasteiger partial charge in [0.2, 0.25) is 5.95 Å². The van der Waals surface area contributed by atoms with Gasteiger partial charge in [0.15, 0.2) is 4.77 Å². The maximum Gasteiger partial charge on any atom is 0.226 e. The molecule has 1 aromatic heterocycles. The second-order valence-corrected chi connectivity index (χ2v) is 5.95. The van der Waals surface area contributed by atoms with Gasteiger partial charge in [-0.05, 0) is 31.6 Å². The lowest BCUT2D eigenvalue weighted by atomic mass is 10.2. The molecule has 0 atom stereocenters. The van der Waals surface area contributed by atoms with Gasteiger partial charge in [0.25, 0.3) is 0 Å². The first kappa shape index (κ1) is 13.1. The lowest BCUT2D eigenvalue weighted by Gasteiger charge is -2.35. The van der Waals surface area contributed by atoms with Gasteiger partial charge < -0.3 is 9.80 Å². The van der Waals surface area contributed by atoms with E-state index in [4.69, 9.17) is 12.2 Å². The molecule has 1 aliphatic carbocycles. The van der Waals surface area contributed by atoms with Crippen molar-refractivity contribution in [2.75, 3.05) is 37.6 Å². The van der Waals surface area contributed by atoms with Gasteiger partial charge in [-0.15, -0.1) is 5.10 Å². The Bertz CT molecular complexity index is 466. The van der Waals surface area contributed by atoms with E-state index in [2.05, 4.69) is 31.5 Å². The van der Waals surface area contributed by atoms with Crippen molar-refractivity contribution in [2.24, 2.45) is 0 Å². The van der Waals surface area contributed by atoms with E-state index < -0.39 is 0 Å². The predicted molar refractivity (Wildman–Crippen MR) is 79.2 cm³/mol. The zero-order valence-corrected chi connectivity index (χ0v) is 12.5. The van der Waals surface area contributed by atoms with Crippen LogP contribution in [0.25, 0.3) is 0 Å². The summed E-state index contributed by atoms with van der Waals surface area (Å²) in [5.41, 5.74) is 0. The predicted octanol–water partition coefficient (Wildman–Crippen LogP) is 2.20. The molecule has 5 nitrogen and oxygen atoms in total. The summed E-state index contributed by atoms with van der Waals surface area (Å²) in [6, 6.07) is 0.561. The SMILES string of the molecule is CCN1CCN(c2n[nH]c(=S)n2C2CCCC2)CC1. The molecule has 0 unspecified atom stereocenters. The lowest BCUT2D eigenvalue weighted by Crippen LogP contribution is -2.47. The fourth-order valence-corrected chi connectivity index (χ4v) is 3.55. The van der Waals surface area contributed by atoms with E-state index in [0.29, 0.717) is 6.04 Å². The Hall–Kier alpha value is -0.880. The zero-order chi connectivity index (χ0) is 13.2. The van der Waals surface area contributed by atoms with Gasteiger partial charge in [0, 0.05) is 32.2 Å². The van der Waals surface area contributed by atoms with Crippen LogP contribution in [0.2, 0.25) is 0 Å². The van der Waals surface area contributed by atoms with Crippen molar-refractivity contribution in [1.29, 1.82) is 0 Å². The Labute approximate surface area is 119 Å². The number of rotatable bonds is 3. The summed E-state index contributed by atoms with van der Waals surface area (Å²) < 4.78 is 3.06. The number of nitrogens with zero attached hydrogens (tertiary/aromatic N) is 4. The highest BCUT2D eigenvalue weighted by Gasteiger charge is 2.25. The molecule has 0 amide bonds. The molecular formula is C13H23N5S. The van der Waals surface area contributed by atoms with Crippen molar-refractivity contribution in [3.05, 3.63) is 4.77 Å². The third-order valence-corrected chi connectivity index (χ3v) is 4.77. The molecule has 1 saturated carbocycles. The van der Waals surface area contributed by atoms with E-state index in [9.17, 15) is 0 Å². The number of nitrogens with one attached hydrogen (secondary N) is 1. The number of aromatic nitrogens is 3. The molecule has 3 rings (SSSR count). The van der Waals surface area contributed by atoms with Crippen molar-refractivity contribution in [3.8, 4) is 0 Å². The summed E-state index contributed by atoms with van der Waals surface area (Å²) in [4.78, 5) is 4.87. The topological polar surface area (TPSA) is 40.1 Å². The fraction of sp³-hybridized carbons (Fsp3) is 0.846. The zero-order valence-electron chi connectivity index (χ0n) is 11.6. The normalized spacial score (nSPS) is 22.3. The number of anilines is 1. The van der Waals surface area contributed by atoms with Crippen LogP contribution in [0.5, 0.6) is 0 Å². The molecule has 0 spiro atoms. The molecule has 2 heterocycles. The van der Waals surface area contributed by atoms with Gasteiger partial charge in [0.05, 0.1) is 0 Å². The van der Waals surface area contributed by atoms with E-state index >= 15 is 0 Å². The second-order valence-electron chi connectivity index (χ2n) is 5.56. The highest BCUT2D eigenvalue weighted by molar-refractivity contribution is 7.71. The van der Waals surface area contributed by atoms with Gasteiger partial charge >= 0.3 is 0 Å². The van der Waals surface area contributed by atoms with Gasteiger partial charge in [-0.2, -0.15) is 0 Å². The Morgan fingerprint density at radius 1 is 1.21 bits per heavy atom. The maximum absolute atomic E-state index is 5.43. The molecule has 1 saturated heterocycles. The van der Waals surface area contributed by atoms with Gasteiger partial charge in [-0.1, -0.05) is 19.8 Å². The third-order valence-electron chi connectivity index (χ3n) is 4.48. The smallest absolute Gasteiger partial charge is 0.226 e. The summed E-state index contributed by atoms with van der Waals surface area (Å²) >= 11 is 5.43. The molecule has 2 aliphatic rings. The molecule has 0 bridgehead atoms. The molecular weight excluding hydrogens is 258 g/mol. The lowest BCUT2D eigenvalue weighted by molar-refractivity contribution is 0.268. The van der Waals surface area contributed by atoms with Crippen LogP contribution >= 0.6 is 12.2 Å². The fourth-order valence-electron chi connectivity index (χ4n) is 3.28. The highest BCUT2D eigenvalue weighted by atomic mass is 32.1. The molecule has 2 fully saturated rings. The van der Waals surface area contributed by atoms with Crippen molar-refractivity contribution < 1.29 is 0 Å². The molecule has 0 radical (unpaired) electrons. The summed E-state index contributed by atoms with van der Waals surface area (Å²) in [6.07, 6.45) is 5.13. The third kappa shape index (κ3) is 2.56. The number of aromatic amines is 1. The van der Waals surface area contributed by atoms with Crippen molar-refractivity contribution >= 4 is 18.2 Å². The van der Waals surface area contributed by atoms with E-state index in [1.54, 1.807) is 0 Å². The molecule has 106 valence electrons. The average molecular weight is 281 g/mol. The van der Waals surface area contributed by atoms with E-state index in [0.717, 1.165) is 43.4 Å². The number of hydrogen-bond acceptors (Lipinski definition) is 4. The second kappa shape index (κ2) is 5.63. The van der Waals surface area contributed by atoms with Crippen LogP contribution in [0.3, 0.4) is 0 Å². The van der Waals surface area contributed by atoms with E-state index in [1.165, 1.54) is 25.7 Å². The van der Waals surface area contributed by atoms with Crippen LogP contribution in [-0.4, -0.2) is 52.4 Å². The van der Waals surface area contributed by atoms with Gasteiger partial charge in [-0.3, -0.25) is 4.57 Å². The van der Waals surface area contributed by atoms with Crippen LogP contribution in [0, 0.1) is 4.77 Å². The monoisotopic (exact) mass is 281 g/mol. The minimum absolute atomic E-state index is 0.561. The minimum atomic E-state index is 0.561. The number of piperazine rings is 1. The highest BCUT2D eigenvalue weighted by Crippen LogP contribution is 2.32. The first-order valence-electron chi connectivity index (χ1n) is 7.44. The Morgan fingerprint density at radius 2 is 1.89 bits per heavy atom.